The zero-order chi connectivity index (χ0) is 44.4. The number of ether oxygens (including phenoxy) is 1. The molecule has 61 heavy (non-hydrogen) atoms. The monoisotopic (exact) mass is 862 g/mol. The number of aliphatic hydroxyl groups excluding tert-OH is 2. The van der Waals surface area contributed by atoms with Gasteiger partial charge in [0.25, 0.3) is 0 Å². The average Bonchev–Trinajstić information content (AvgIpc) is 3.26. The Kier molecular flexibility index (Phi) is 50.1. The Labute approximate surface area is 380 Å². The van der Waals surface area contributed by atoms with Gasteiger partial charge in [-0.3, -0.25) is 9.59 Å². The highest BCUT2D eigenvalue weighted by Gasteiger charge is 2.20. The number of carbonyl (C=O) groups excluding carboxylic acids is 2. The molecule has 2 atom stereocenters. The Morgan fingerprint density at radius 2 is 0.770 bits per heavy atom. The summed E-state index contributed by atoms with van der Waals surface area (Å²) in [7, 11) is 0. The Balaban J connectivity index is 3.48. The van der Waals surface area contributed by atoms with Crippen molar-refractivity contribution >= 4 is 11.9 Å². The number of aliphatic hydroxyl groups is 2. The quantitative estimate of drug-likeness (QED) is 0.0322. The van der Waals surface area contributed by atoms with Crippen molar-refractivity contribution in [2.75, 3.05) is 13.2 Å². The van der Waals surface area contributed by atoms with E-state index in [0.29, 0.717) is 25.9 Å². The number of unbranched alkanes of at least 4 members (excludes halogenated alkanes) is 38. The van der Waals surface area contributed by atoms with E-state index in [0.717, 1.165) is 70.6 Å². The second-order valence-corrected chi connectivity index (χ2v) is 18.9. The third kappa shape index (κ3) is 47.9. The van der Waals surface area contributed by atoms with Crippen molar-refractivity contribution in [2.24, 2.45) is 0 Å². The van der Waals surface area contributed by atoms with Crippen LogP contribution in [0.15, 0.2) is 12.2 Å². The summed E-state index contributed by atoms with van der Waals surface area (Å²) in [5.74, 6) is -0.0576. The van der Waals surface area contributed by atoms with Crippen LogP contribution in [0.5, 0.6) is 0 Å². The molecule has 6 heteroatoms. The van der Waals surface area contributed by atoms with Gasteiger partial charge in [0, 0.05) is 12.8 Å². The van der Waals surface area contributed by atoms with Crippen molar-refractivity contribution < 1.29 is 24.5 Å². The number of hydrogen-bond donors (Lipinski definition) is 3. The SMILES string of the molecule is CCCCCCCCCCCCCCCCCCCCC(O)C(CO)NC(=O)CCCCCCCCC/C=C\CCCCCCOC(=O)CCCCCCCCCCCCC. The van der Waals surface area contributed by atoms with Gasteiger partial charge < -0.3 is 20.3 Å². The fourth-order valence-electron chi connectivity index (χ4n) is 8.58. The summed E-state index contributed by atoms with van der Waals surface area (Å²) in [5.41, 5.74) is 0. The van der Waals surface area contributed by atoms with Gasteiger partial charge in [0.1, 0.15) is 0 Å². The molecule has 3 N–H and O–H groups in total. The molecule has 0 aromatic rings. The van der Waals surface area contributed by atoms with Gasteiger partial charge in [-0.05, 0) is 51.4 Å². The molecular weight excluding hydrogens is 755 g/mol. The topological polar surface area (TPSA) is 95.9 Å². The highest BCUT2D eigenvalue weighted by Crippen LogP contribution is 2.17. The summed E-state index contributed by atoms with van der Waals surface area (Å²) in [5, 5.41) is 23.3. The van der Waals surface area contributed by atoms with Gasteiger partial charge in [0.05, 0.1) is 25.4 Å². The van der Waals surface area contributed by atoms with Crippen molar-refractivity contribution in [3.05, 3.63) is 12.2 Å². The maximum atomic E-state index is 12.5. The first-order valence-electron chi connectivity index (χ1n) is 27.4. The van der Waals surface area contributed by atoms with Crippen molar-refractivity contribution in [1.82, 2.24) is 5.32 Å². The van der Waals surface area contributed by atoms with Gasteiger partial charge in [-0.15, -0.1) is 0 Å². The van der Waals surface area contributed by atoms with Crippen LogP contribution in [0.2, 0.25) is 0 Å². The molecule has 0 aliphatic rings. The summed E-state index contributed by atoms with van der Waals surface area (Å²) in [6, 6.07) is -0.552. The zero-order valence-corrected chi connectivity index (χ0v) is 41.2. The van der Waals surface area contributed by atoms with Crippen LogP contribution in [-0.4, -0.2) is 47.4 Å². The number of esters is 1. The van der Waals surface area contributed by atoms with E-state index in [9.17, 15) is 19.8 Å². The Morgan fingerprint density at radius 3 is 1.16 bits per heavy atom. The number of nitrogens with one attached hydrogen (secondary N) is 1. The summed E-state index contributed by atoms with van der Waals surface area (Å²) in [4.78, 5) is 24.4. The molecule has 1 amide bonds. The molecule has 0 aromatic heterocycles. The first-order chi connectivity index (χ1) is 30.0. The minimum atomic E-state index is -0.673. The van der Waals surface area contributed by atoms with E-state index in [2.05, 4.69) is 31.3 Å². The minimum absolute atomic E-state index is 0.00985. The smallest absolute Gasteiger partial charge is 0.305 e. The highest BCUT2D eigenvalue weighted by atomic mass is 16.5. The van der Waals surface area contributed by atoms with Crippen LogP contribution in [-0.2, 0) is 14.3 Å². The van der Waals surface area contributed by atoms with Gasteiger partial charge in [0.2, 0.25) is 5.91 Å². The molecule has 362 valence electrons. The third-order valence-electron chi connectivity index (χ3n) is 12.8. The lowest BCUT2D eigenvalue weighted by Crippen LogP contribution is -2.45. The van der Waals surface area contributed by atoms with Gasteiger partial charge >= 0.3 is 5.97 Å². The fraction of sp³-hybridized carbons (Fsp3) is 0.927. The first-order valence-corrected chi connectivity index (χ1v) is 27.4. The fourth-order valence-corrected chi connectivity index (χ4v) is 8.58. The van der Waals surface area contributed by atoms with Gasteiger partial charge in [-0.1, -0.05) is 251 Å². The van der Waals surface area contributed by atoms with Crippen LogP contribution in [0.4, 0.5) is 0 Å². The Morgan fingerprint density at radius 1 is 0.443 bits per heavy atom. The molecular formula is C55H107NO5. The van der Waals surface area contributed by atoms with E-state index in [-0.39, 0.29) is 18.5 Å². The molecule has 0 saturated carbocycles. The van der Waals surface area contributed by atoms with Crippen LogP contribution in [0.3, 0.4) is 0 Å². The predicted molar refractivity (Wildman–Crippen MR) is 264 cm³/mol. The van der Waals surface area contributed by atoms with E-state index in [4.69, 9.17) is 4.74 Å². The van der Waals surface area contributed by atoms with Crippen molar-refractivity contribution in [3.63, 3.8) is 0 Å². The van der Waals surface area contributed by atoms with Crippen LogP contribution >= 0.6 is 0 Å². The molecule has 0 bridgehead atoms. The van der Waals surface area contributed by atoms with E-state index in [1.54, 1.807) is 0 Å². The largest absolute Gasteiger partial charge is 0.466 e. The molecule has 0 saturated heterocycles. The van der Waals surface area contributed by atoms with E-state index in [1.807, 2.05) is 0 Å². The number of rotatable bonds is 51. The Bertz CT molecular complexity index is 909. The number of amides is 1. The van der Waals surface area contributed by atoms with Crippen LogP contribution in [0.25, 0.3) is 0 Å². The zero-order valence-electron chi connectivity index (χ0n) is 41.2. The van der Waals surface area contributed by atoms with E-state index >= 15 is 0 Å². The average molecular weight is 862 g/mol. The number of carbonyl (C=O) groups is 2. The van der Waals surface area contributed by atoms with Crippen LogP contribution in [0, 0.1) is 0 Å². The lowest BCUT2D eigenvalue weighted by molar-refractivity contribution is -0.143. The standard InChI is InChI=1S/C55H107NO5/c1-3-5-7-9-11-13-15-16-17-18-19-21-24-28-31-35-39-43-47-53(58)52(51-57)56-54(59)48-44-40-36-32-29-25-22-20-23-26-30-34-38-42-46-50-61-55(60)49-45-41-37-33-27-14-12-10-8-6-4-2/h23,26,52-53,57-58H,3-22,24-25,27-51H2,1-2H3,(H,56,59)/b26-23-. The van der Waals surface area contributed by atoms with Crippen LogP contribution < -0.4 is 5.32 Å². The van der Waals surface area contributed by atoms with Gasteiger partial charge in [0.15, 0.2) is 0 Å². The molecule has 0 spiro atoms. The molecule has 0 radical (unpaired) electrons. The molecule has 0 aliphatic carbocycles. The summed E-state index contributed by atoms with van der Waals surface area (Å²) < 4.78 is 5.44. The third-order valence-corrected chi connectivity index (χ3v) is 12.8. The van der Waals surface area contributed by atoms with Crippen molar-refractivity contribution in [1.29, 1.82) is 0 Å². The molecule has 0 rings (SSSR count). The molecule has 0 fully saturated rings. The number of allylic oxidation sites excluding steroid dienone is 2. The Hall–Kier alpha value is -1.40. The van der Waals surface area contributed by atoms with Crippen molar-refractivity contribution in [2.45, 2.75) is 315 Å². The van der Waals surface area contributed by atoms with Crippen LogP contribution in [0.1, 0.15) is 303 Å². The van der Waals surface area contributed by atoms with E-state index in [1.165, 1.54) is 199 Å². The predicted octanol–water partition coefficient (Wildman–Crippen LogP) is 16.5. The lowest BCUT2D eigenvalue weighted by Gasteiger charge is -2.22. The van der Waals surface area contributed by atoms with E-state index < -0.39 is 12.1 Å². The second-order valence-electron chi connectivity index (χ2n) is 18.9. The van der Waals surface area contributed by atoms with Crippen molar-refractivity contribution in [3.8, 4) is 0 Å². The molecule has 0 aromatic carbocycles. The maximum absolute atomic E-state index is 12.5. The minimum Gasteiger partial charge on any atom is -0.466 e. The molecule has 2 unspecified atom stereocenters. The highest BCUT2D eigenvalue weighted by molar-refractivity contribution is 5.76. The summed E-state index contributed by atoms with van der Waals surface area (Å²) in [6.45, 7) is 4.93. The molecule has 6 nitrogen and oxygen atoms in total. The lowest BCUT2D eigenvalue weighted by atomic mass is 10.0. The summed E-state index contributed by atoms with van der Waals surface area (Å²) >= 11 is 0. The maximum Gasteiger partial charge on any atom is 0.305 e. The van der Waals surface area contributed by atoms with Gasteiger partial charge in [-0.2, -0.15) is 0 Å². The summed E-state index contributed by atoms with van der Waals surface area (Å²) in [6.07, 6.45) is 59.0. The second kappa shape index (κ2) is 51.2. The number of hydrogen-bond acceptors (Lipinski definition) is 5. The van der Waals surface area contributed by atoms with Gasteiger partial charge in [-0.25, -0.2) is 0 Å². The molecule has 0 aliphatic heterocycles. The molecule has 0 heterocycles. The normalized spacial score (nSPS) is 12.7. The first kappa shape index (κ1) is 59.6.